The van der Waals surface area contributed by atoms with E-state index in [4.69, 9.17) is 0 Å². The Morgan fingerprint density at radius 3 is 2.31 bits per heavy atom. The Kier molecular flexibility index (Phi) is 7.05. The topological polar surface area (TPSA) is 69.7 Å². The van der Waals surface area contributed by atoms with Crippen molar-refractivity contribution in [1.29, 1.82) is 0 Å². The fourth-order valence-electron chi connectivity index (χ4n) is 3.44. The lowest BCUT2D eigenvalue weighted by atomic mass is 9.99. The highest BCUT2D eigenvalue weighted by atomic mass is 32.2. The van der Waals surface area contributed by atoms with Crippen LogP contribution in [-0.2, 0) is 21.4 Å². The van der Waals surface area contributed by atoms with Gasteiger partial charge in [-0.3, -0.25) is 9.69 Å². The molecule has 1 aliphatic heterocycles. The lowest BCUT2D eigenvalue weighted by Crippen LogP contribution is -2.38. The van der Waals surface area contributed by atoms with Gasteiger partial charge in [0, 0.05) is 19.3 Å². The number of carbonyl (C=O) groups is 1. The summed E-state index contributed by atoms with van der Waals surface area (Å²) in [5.74, 6) is 0.653. The first-order valence-electron chi connectivity index (χ1n) is 9.97. The third-order valence-corrected chi connectivity index (χ3v) is 7.16. The van der Waals surface area contributed by atoms with Crippen molar-refractivity contribution in [2.45, 2.75) is 31.2 Å². The normalized spacial score (nSPS) is 16.1. The first-order valence-corrected chi connectivity index (χ1v) is 11.4. The number of anilines is 1. The van der Waals surface area contributed by atoms with Gasteiger partial charge < -0.3 is 5.32 Å². The molecule has 1 aliphatic rings. The average molecular weight is 416 g/mol. The summed E-state index contributed by atoms with van der Waals surface area (Å²) >= 11 is 0. The number of benzene rings is 2. The molecule has 0 bridgehead atoms. The van der Waals surface area contributed by atoms with E-state index in [1.165, 1.54) is 16.4 Å². The van der Waals surface area contributed by atoms with Crippen LogP contribution in [-0.4, -0.2) is 50.2 Å². The Morgan fingerprint density at radius 2 is 1.69 bits per heavy atom. The van der Waals surface area contributed by atoms with Crippen LogP contribution in [0.1, 0.15) is 25.3 Å². The smallest absolute Gasteiger partial charge is 0.243 e. The minimum atomic E-state index is -3.60. The van der Waals surface area contributed by atoms with Gasteiger partial charge in [-0.1, -0.05) is 37.3 Å². The van der Waals surface area contributed by atoms with Crippen molar-refractivity contribution in [2.75, 3.05) is 32.0 Å². The molecule has 1 N–H and O–H groups in total. The second kappa shape index (κ2) is 9.52. The molecule has 156 valence electrons. The van der Waals surface area contributed by atoms with Crippen molar-refractivity contribution in [2.24, 2.45) is 5.92 Å². The van der Waals surface area contributed by atoms with Gasteiger partial charge in [0.2, 0.25) is 15.9 Å². The van der Waals surface area contributed by atoms with E-state index in [-0.39, 0.29) is 10.8 Å². The van der Waals surface area contributed by atoms with Gasteiger partial charge >= 0.3 is 0 Å². The highest BCUT2D eigenvalue weighted by Gasteiger charge is 2.21. The number of hydrogen-bond acceptors (Lipinski definition) is 4. The van der Waals surface area contributed by atoms with Crippen molar-refractivity contribution >= 4 is 21.6 Å². The Morgan fingerprint density at radius 1 is 1.07 bits per heavy atom. The van der Waals surface area contributed by atoms with Crippen LogP contribution in [0.5, 0.6) is 0 Å². The maximum absolute atomic E-state index is 12.8. The van der Waals surface area contributed by atoms with Crippen LogP contribution in [0, 0.1) is 5.92 Å². The third-order valence-electron chi connectivity index (χ3n) is 5.34. The van der Waals surface area contributed by atoms with Gasteiger partial charge in [0.15, 0.2) is 0 Å². The molecular weight excluding hydrogens is 386 g/mol. The zero-order valence-corrected chi connectivity index (χ0v) is 17.9. The van der Waals surface area contributed by atoms with Crippen LogP contribution in [0.25, 0.3) is 0 Å². The van der Waals surface area contributed by atoms with E-state index in [0.29, 0.717) is 18.8 Å². The van der Waals surface area contributed by atoms with Gasteiger partial charge in [-0.2, -0.15) is 4.31 Å². The van der Waals surface area contributed by atoms with Crippen molar-refractivity contribution in [3.63, 3.8) is 0 Å². The van der Waals surface area contributed by atoms with E-state index < -0.39 is 10.0 Å². The van der Waals surface area contributed by atoms with Gasteiger partial charge in [0.1, 0.15) is 0 Å². The molecule has 6 nitrogen and oxygen atoms in total. The standard InChI is InChI=1S/C22H29N3O3S/c1-18-12-14-25(15-13-18)17-22(26)23-20-8-10-21(11-9-20)29(27,28)24(2)16-19-6-4-3-5-7-19/h3-11,18H,12-17H2,1-2H3,(H,23,26). The molecule has 7 heteroatoms. The summed E-state index contributed by atoms with van der Waals surface area (Å²) in [6.45, 7) is 4.80. The fourth-order valence-corrected chi connectivity index (χ4v) is 4.60. The lowest BCUT2D eigenvalue weighted by Gasteiger charge is -2.29. The number of nitrogens with zero attached hydrogens (tertiary/aromatic N) is 2. The van der Waals surface area contributed by atoms with Crippen LogP contribution >= 0.6 is 0 Å². The quantitative estimate of drug-likeness (QED) is 0.754. The van der Waals surface area contributed by atoms with E-state index in [0.717, 1.165) is 37.4 Å². The molecule has 0 radical (unpaired) electrons. The summed E-state index contributed by atoms with van der Waals surface area (Å²) in [5.41, 5.74) is 1.53. The first-order chi connectivity index (χ1) is 13.8. The summed E-state index contributed by atoms with van der Waals surface area (Å²) in [6, 6.07) is 15.8. The molecule has 1 saturated heterocycles. The van der Waals surface area contributed by atoms with Crippen LogP contribution in [0.15, 0.2) is 59.5 Å². The maximum Gasteiger partial charge on any atom is 0.243 e. The second-order valence-electron chi connectivity index (χ2n) is 7.78. The predicted octanol–water partition coefficient (Wildman–Crippen LogP) is 3.18. The number of nitrogens with one attached hydrogen (secondary N) is 1. The Labute approximate surface area is 173 Å². The highest BCUT2D eigenvalue weighted by molar-refractivity contribution is 7.89. The van der Waals surface area contributed by atoms with E-state index in [1.54, 1.807) is 19.2 Å². The number of amides is 1. The van der Waals surface area contributed by atoms with E-state index in [1.807, 2.05) is 30.3 Å². The number of piperidine rings is 1. The Bertz CT molecular complexity index is 906. The number of hydrogen-bond donors (Lipinski definition) is 1. The molecule has 2 aromatic carbocycles. The molecule has 0 unspecified atom stereocenters. The molecular formula is C22H29N3O3S. The van der Waals surface area contributed by atoms with Crippen molar-refractivity contribution in [3.05, 3.63) is 60.2 Å². The van der Waals surface area contributed by atoms with Gasteiger partial charge in [-0.15, -0.1) is 0 Å². The maximum atomic E-state index is 12.8. The van der Waals surface area contributed by atoms with Crippen LogP contribution in [0.3, 0.4) is 0 Å². The summed E-state index contributed by atoms with van der Waals surface area (Å²) in [5, 5.41) is 2.86. The summed E-state index contributed by atoms with van der Waals surface area (Å²) in [6.07, 6.45) is 2.24. The molecule has 1 fully saturated rings. The number of likely N-dealkylation sites (tertiary alicyclic amines) is 1. The molecule has 2 aromatic rings. The molecule has 3 rings (SSSR count). The van der Waals surface area contributed by atoms with Gasteiger partial charge in [-0.05, 0) is 61.7 Å². The summed E-state index contributed by atoms with van der Waals surface area (Å²) in [4.78, 5) is 14.6. The van der Waals surface area contributed by atoms with Crippen LogP contribution in [0.4, 0.5) is 5.69 Å². The second-order valence-corrected chi connectivity index (χ2v) is 9.82. The SMILES string of the molecule is CC1CCN(CC(=O)Nc2ccc(S(=O)(=O)N(C)Cc3ccccc3)cc2)CC1. The zero-order chi connectivity index (χ0) is 20.9. The Hall–Kier alpha value is -2.22. The largest absolute Gasteiger partial charge is 0.325 e. The van der Waals surface area contributed by atoms with Crippen LogP contribution < -0.4 is 5.32 Å². The van der Waals surface area contributed by atoms with Crippen molar-refractivity contribution in [1.82, 2.24) is 9.21 Å². The van der Waals surface area contributed by atoms with Crippen LogP contribution in [0.2, 0.25) is 0 Å². The monoisotopic (exact) mass is 415 g/mol. The predicted molar refractivity (Wildman–Crippen MR) is 115 cm³/mol. The molecule has 1 heterocycles. The van der Waals surface area contributed by atoms with Gasteiger partial charge in [0.25, 0.3) is 0 Å². The van der Waals surface area contributed by atoms with Crippen molar-refractivity contribution < 1.29 is 13.2 Å². The third kappa shape index (κ3) is 5.88. The zero-order valence-electron chi connectivity index (χ0n) is 17.0. The molecule has 0 saturated carbocycles. The Balaban J connectivity index is 1.58. The minimum absolute atomic E-state index is 0.0728. The number of rotatable bonds is 7. The molecule has 0 aliphatic carbocycles. The van der Waals surface area contributed by atoms with E-state index in [2.05, 4.69) is 17.1 Å². The van der Waals surface area contributed by atoms with Gasteiger partial charge in [-0.25, -0.2) is 8.42 Å². The van der Waals surface area contributed by atoms with Crippen molar-refractivity contribution in [3.8, 4) is 0 Å². The minimum Gasteiger partial charge on any atom is -0.325 e. The van der Waals surface area contributed by atoms with Gasteiger partial charge in [0.05, 0.1) is 11.4 Å². The van der Waals surface area contributed by atoms with E-state index >= 15 is 0 Å². The highest BCUT2D eigenvalue weighted by Crippen LogP contribution is 2.20. The molecule has 1 amide bonds. The molecule has 0 spiro atoms. The molecule has 0 aromatic heterocycles. The lowest BCUT2D eigenvalue weighted by molar-refractivity contribution is -0.117. The first kappa shape index (κ1) is 21.5. The molecule has 29 heavy (non-hydrogen) atoms. The summed E-state index contributed by atoms with van der Waals surface area (Å²) in [7, 11) is -2.03. The average Bonchev–Trinajstić information content (AvgIpc) is 2.71. The fraction of sp³-hybridized carbons (Fsp3) is 0.409. The number of carbonyl (C=O) groups excluding carboxylic acids is 1. The van der Waals surface area contributed by atoms with E-state index in [9.17, 15) is 13.2 Å². The number of sulfonamides is 1. The molecule has 0 atom stereocenters. The summed E-state index contributed by atoms with van der Waals surface area (Å²) < 4.78 is 26.9.